The van der Waals surface area contributed by atoms with Crippen LogP contribution in [0.1, 0.15) is 44.7 Å². The summed E-state index contributed by atoms with van der Waals surface area (Å²) in [7, 11) is 2.11. The van der Waals surface area contributed by atoms with Crippen LogP contribution in [0, 0.1) is 23.2 Å². The molecule has 146 valence electrons. The van der Waals surface area contributed by atoms with Gasteiger partial charge >= 0.3 is 5.97 Å². The van der Waals surface area contributed by atoms with Crippen molar-refractivity contribution in [2.45, 2.75) is 51.6 Å². The maximum atomic E-state index is 12.7. The number of carbonyl (C=O) groups excluding carboxylic acids is 1. The van der Waals surface area contributed by atoms with E-state index in [0.29, 0.717) is 11.8 Å². The van der Waals surface area contributed by atoms with Gasteiger partial charge in [0.05, 0.1) is 5.92 Å². The van der Waals surface area contributed by atoms with E-state index >= 15 is 0 Å². The summed E-state index contributed by atoms with van der Waals surface area (Å²) in [5, 5.41) is 0. The number of fused-ring (bicyclic) bond motifs is 2. The van der Waals surface area contributed by atoms with Gasteiger partial charge in [-0.25, -0.2) is 0 Å². The van der Waals surface area contributed by atoms with Crippen LogP contribution in [-0.4, -0.2) is 42.1 Å². The van der Waals surface area contributed by atoms with Crippen LogP contribution in [0.25, 0.3) is 0 Å². The van der Waals surface area contributed by atoms with Crippen LogP contribution in [0.2, 0.25) is 0 Å². The Balaban J connectivity index is 1.40. The predicted octanol–water partition coefficient (Wildman–Crippen LogP) is 3.87. The lowest BCUT2D eigenvalue weighted by molar-refractivity contribution is -0.146. The summed E-state index contributed by atoms with van der Waals surface area (Å²) >= 11 is 0. The Morgan fingerprint density at radius 2 is 2.26 bits per heavy atom. The first-order valence-corrected chi connectivity index (χ1v) is 10.4. The van der Waals surface area contributed by atoms with Crippen molar-refractivity contribution in [3.63, 3.8) is 0 Å². The second-order valence-electron chi connectivity index (χ2n) is 9.24. The number of rotatable bonds is 5. The molecule has 4 nitrogen and oxygen atoms in total. The van der Waals surface area contributed by atoms with Gasteiger partial charge in [0.25, 0.3) is 0 Å². The van der Waals surface area contributed by atoms with E-state index in [9.17, 15) is 4.79 Å². The highest BCUT2D eigenvalue weighted by molar-refractivity contribution is 5.75. The Morgan fingerprint density at radius 3 is 3.04 bits per heavy atom. The van der Waals surface area contributed by atoms with E-state index in [-0.39, 0.29) is 23.4 Å². The smallest absolute Gasteiger partial charge is 0.310 e. The van der Waals surface area contributed by atoms with Crippen LogP contribution in [0.4, 0.5) is 0 Å². The normalized spacial score (nSPS) is 35.7. The monoisotopic (exact) mass is 368 g/mol. The summed E-state index contributed by atoms with van der Waals surface area (Å²) in [6.45, 7) is 8.46. The molecule has 4 rings (SSSR count). The minimum Gasteiger partial charge on any atom is -0.462 e. The first kappa shape index (κ1) is 18.7. The molecule has 5 unspecified atom stereocenters. The molecule has 2 saturated carbocycles. The van der Waals surface area contributed by atoms with Gasteiger partial charge in [0.1, 0.15) is 6.10 Å². The van der Waals surface area contributed by atoms with Crippen LogP contribution in [0.15, 0.2) is 36.5 Å². The molecule has 1 aromatic rings. The van der Waals surface area contributed by atoms with E-state index < -0.39 is 0 Å². The van der Waals surface area contributed by atoms with Crippen LogP contribution < -0.4 is 0 Å². The molecule has 27 heavy (non-hydrogen) atoms. The molecule has 0 N–H and O–H groups in total. The van der Waals surface area contributed by atoms with Gasteiger partial charge in [-0.05, 0) is 62.6 Å². The second kappa shape index (κ2) is 7.38. The van der Waals surface area contributed by atoms with Crippen molar-refractivity contribution in [2.24, 2.45) is 23.2 Å². The zero-order chi connectivity index (χ0) is 19.0. The molecule has 0 aromatic carbocycles. The number of nitrogens with zero attached hydrogens (tertiary/aromatic N) is 2. The average molecular weight is 369 g/mol. The lowest BCUT2D eigenvalue weighted by Gasteiger charge is -2.50. The molecule has 1 aliphatic heterocycles. The zero-order valence-corrected chi connectivity index (χ0v) is 16.7. The number of hydrogen-bond donors (Lipinski definition) is 0. The zero-order valence-electron chi connectivity index (χ0n) is 16.7. The van der Waals surface area contributed by atoms with Gasteiger partial charge in [0.2, 0.25) is 0 Å². The molecule has 1 saturated heterocycles. The van der Waals surface area contributed by atoms with Crippen molar-refractivity contribution < 1.29 is 9.53 Å². The SMILES string of the molecule is C=C1CCCC2(C)CC3OC(=O)C(CN(C)CCc4ccccn4)C3CC12. The number of aromatic nitrogens is 1. The Labute approximate surface area is 163 Å². The summed E-state index contributed by atoms with van der Waals surface area (Å²) in [4.78, 5) is 19.3. The Bertz CT molecular complexity index is 704. The third-order valence-electron chi connectivity index (χ3n) is 7.30. The number of likely N-dealkylation sites (N-methyl/N-ethyl adjacent to an activating group) is 1. The minimum atomic E-state index is 0.00279. The summed E-state index contributed by atoms with van der Waals surface area (Å²) in [5.74, 6) is 0.927. The topological polar surface area (TPSA) is 42.4 Å². The van der Waals surface area contributed by atoms with Gasteiger partial charge in [-0.1, -0.05) is 25.1 Å². The van der Waals surface area contributed by atoms with E-state index in [2.05, 4.69) is 36.5 Å². The maximum absolute atomic E-state index is 12.7. The van der Waals surface area contributed by atoms with Gasteiger partial charge in [0.15, 0.2) is 0 Å². The number of esters is 1. The largest absolute Gasteiger partial charge is 0.462 e. The van der Waals surface area contributed by atoms with Gasteiger partial charge in [-0.15, -0.1) is 0 Å². The highest BCUT2D eigenvalue weighted by Crippen LogP contribution is 2.56. The first-order valence-electron chi connectivity index (χ1n) is 10.4. The van der Waals surface area contributed by atoms with Crippen molar-refractivity contribution in [1.82, 2.24) is 9.88 Å². The number of ether oxygens (including phenoxy) is 1. The molecule has 0 spiro atoms. The maximum Gasteiger partial charge on any atom is 0.310 e. The van der Waals surface area contributed by atoms with Crippen molar-refractivity contribution in [2.75, 3.05) is 20.1 Å². The van der Waals surface area contributed by atoms with E-state index in [1.54, 1.807) is 0 Å². The van der Waals surface area contributed by atoms with E-state index in [1.165, 1.54) is 18.4 Å². The number of pyridine rings is 1. The molecule has 5 atom stereocenters. The first-order chi connectivity index (χ1) is 13.0. The van der Waals surface area contributed by atoms with E-state index in [1.807, 2.05) is 18.3 Å². The van der Waals surface area contributed by atoms with E-state index in [4.69, 9.17) is 4.74 Å². The Morgan fingerprint density at radius 1 is 1.41 bits per heavy atom. The summed E-state index contributed by atoms with van der Waals surface area (Å²) in [6.07, 6.45) is 8.57. The molecule has 1 aromatic heterocycles. The third kappa shape index (κ3) is 3.69. The molecule has 2 aliphatic carbocycles. The molecule has 3 fully saturated rings. The lowest BCUT2D eigenvalue weighted by atomic mass is 9.55. The standard InChI is InChI=1S/C23H32N2O2/c1-16-7-6-10-23(2)14-21-18(13-20(16)23)19(22(26)27-21)15-25(3)12-9-17-8-4-5-11-24-17/h4-5,8,11,18-21H,1,6-7,9-10,12-15H2,2-3H3. The van der Waals surface area contributed by atoms with Crippen molar-refractivity contribution in [3.05, 3.63) is 42.2 Å². The number of carbonyl (C=O) groups is 1. The van der Waals surface area contributed by atoms with Gasteiger partial charge in [-0.2, -0.15) is 0 Å². The summed E-state index contributed by atoms with van der Waals surface area (Å²) in [6, 6.07) is 6.03. The second-order valence-corrected chi connectivity index (χ2v) is 9.24. The highest BCUT2D eigenvalue weighted by atomic mass is 16.6. The minimum absolute atomic E-state index is 0.00279. The molecule has 4 heteroatoms. The van der Waals surface area contributed by atoms with Crippen molar-refractivity contribution >= 4 is 5.97 Å². The quantitative estimate of drug-likeness (QED) is 0.584. The summed E-state index contributed by atoms with van der Waals surface area (Å²) in [5.41, 5.74) is 2.78. The lowest BCUT2D eigenvalue weighted by Crippen LogP contribution is -2.45. The predicted molar refractivity (Wildman–Crippen MR) is 106 cm³/mol. The van der Waals surface area contributed by atoms with Crippen LogP contribution in [-0.2, 0) is 16.0 Å². The van der Waals surface area contributed by atoms with Crippen molar-refractivity contribution in [1.29, 1.82) is 0 Å². The molecule has 0 radical (unpaired) electrons. The van der Waals surface area contributed by atoms with Crippen LogP contribution in [0.3, 0.4) is 0 Å². The highest BCUT2D eigenvalue weighted by Gasteiger charge is 2.55. The summed E-state index contributed by atoms with van der Waals surface area (Å²) < 4.78 is 5.88. The molecule has 0 bridgehead atoms. The van der Waals surface area contributed by atoms with Gasteiger partial charge in [-0.3, -0.25) is 9.78 Å². The van der Waals surface area contributed by atoms with Crippen molar-refractivity contribution in [3.8, 4) is 0 Å². The molecule has 0 amide bonds. The van der Waals surface area contributed by atoms with Gasteiger partial charge < -0.3 is 9.64 Å². The third-order valence-corrected chi connectivity index (χ3v) is 7.30. The number of allylic oxidation sites excluding steroid dienone is 1. The average Bonchev–Trinajstić information content (AvgIpc) is 2.93. The molecular formula is C23H32N2O2. The number of hydrogen-bond acceptors (Lipinski definition) is 4. The molecule has 2 heterocycles. The Kier molecular flexibility index (Phi) is 5.11. The van der Waals surface area contributed by atoms with Gasteiger partial charge in [0, 0.05) is 37.3 Å². The fourth-order valence-electron chi connectivity index (χ4n) is 5.74. The van der Waals surface area contributed by atoms with Crippen LogP contribution >= 0.6 is 0 Å². The van der Waals surface area contributed by atoms with E-state index in [0.717, 1.165) is 44.5 Å². The van der Waals surface area contributed by atoms with Crippen LogP contribution in [0.5, 0.6) is 0 Å². The molecular weight excluding hydrogens is 336 g/mol. The molecule has 3 aliphatic rings. The fraction of sp³-hybridized carbons (Fsp3) is 0.652. The fourth-order valence-corrected chi connectivity index (χ4v) is 5.74. The Hall–Kier alpha value is -1.68.